The van der Waals surface area contributed by atoms with Gasteiger partial charge in [0.25, 0.3) is 0 Å². The minimum Gasteiger partial charge on any atom is -0.375 e. The number of ether oxygens (including phenoxy) is 2. The van der Waals surface area contributed by atoms with Crippen LogP contribution in [0.3, 0.4) is 0 Å². The second-order valence-corrected chi connectivity index (χ2v) is 11.0. The molecule has 0 spiro atoms. The summed E-state index contributed by atoms with van der Waals surface area (Å²) in [6, 6.07) is 0. The molecular formula is C26H46O2. The van der Waals surface area contributed by atoms with E-state index in [4.69, 9.17) is 9.47 Å². The lowest BCUT2D eigenvalue weighted by Crippen LogP contribution is -2.44. The van der Waals surface area contributed by atoms with Gasteiger partial charge in [-0.25, -0.2) is 0 Å². The lowest BCUT2D eigenvalue weighted by Gasteiger charge is -2.45. The van der Waals surface area contributed by atoms with Crippen molar-refractivity contribution in [2.75, 3.05) is 0 Å². The fourth-order valence-corrected chi connectivity index (χ4v) is 6.79. The Hall–Kier alpha value is -0.0800. The Morgan fingerprint density at radius 3 is 1.18 bits per heavy atom. The van der Waals surface area contributed by atoms with E-state index in [9.17, 15) is 0 Å². The van der Waals surface area contributed by atoms with Crippen molar-refractivity contribution in [1.29, 1.82) is 0 Å². The van der Waals surface area contributed by atoms with E-state index in [-0.39, 0.29) is 0 Å². The summed E-state index contributed by atoms with van der Waals surface area (Å²) in [6.07, 6.45) is 23.8. The van der Waals surface area contributed by atoms with E-state index < -0.39 is 0 Å². The summed E-state index contributed by atoms with van der Waals surface area (Å²) in [5.74, 6) is 3.36. The molecule has 0 radical (unpaired) electrons. The lowest BCUT2D eigenvalue weighted by atomic mass is 9.70. The fraction of sp³-hybridized carbons (Fsp3) is 1.00. The molecule has 0 aromatic heterocycles. The van der Waals surface area contributed by atoms with Gasteiger partial charge in [-0.1, -0.05) is 39.5 Å². The Morgan fingerprint density at radius 1 is 0.429 bits per heavy atom. The summed E-state index contributed by atoms with van der Waals surface area (Å²) >= 11 is 0. The molecule has 28 heavy (non-hydrogen) atoms. The smallest absolute Gasteiger partial charge is 0.0610 e. The van der Waals surface area contributed by atoms with Crippen molar-refractivity contribution in [3.63, 3.8) is 0 Å². The van der Waals surface area contributed by atoms with Crippen LogP contribution in [0, 0.1) is 23.7 Å². The molecule has 0 N–H and O–H groups in total. The molecule has 0 heterocycles. The molecule has 0 bridgehead atoms. The van der Waals surface area contributed by atoms with Crippen LogP contribution in [0.5, 0.6) is 0 Å². The minimum absolute atomic E-state index is 0.521. The maximum atomic E-state index is 6.84. The molecule has 4 fully saturated rings. The quantitative estimate of drug-likeness (QED) is 0.490. The molecule has 0 aliphatic heterocycles. The van der Waals surface area contributed by atoms with Crippen LogP contribution in [0.2, 0.25) is 0 Å². The first-order chi connectivity index (χ1) is 13.7. The van der Waals surface area contributed by atoms with Gasteiger partial charge in [0.15, 0.2) is 0 Å². The number of rotatable bonds is 5. The Bertz CT molecular complexity index is 405. The van der Waals surface area contributed by atoms with Gasteiger partial charge >= 0.3 is 0 Å². The average molecular weight is 391 g/mol. The highest BCUT2D eigenvalue weighted by molar-refractivity contribution is 4.90. The fourth-order valence-electron chi connectivity index (χ4n) is 6.79. The Kier molecular flexibility index (Phi) is 7.78. The van der Waals surface area contributed by atoms with E-state index in [2.05, 4.69) is 13.8 Å². The number of hydrogen-bond donors (Lipinski definition) is 0. The molecule has 0 aromatic carbocycles. The predicted octanol–water partition coefficient (Wildman–Crippen LogP) is 7.29. The second-order valence-electron chi connectivity index (χ2n) is 11.0. The van der Waals surface area contributed by atoms with E-state index in [1.165, 1.54) is 103 Å². The molecule has 4 rings (SSSR count). The van der Waals surface area contributed by atoms with Gasteiger partial charge in [-0.2, -0.15) is 0 Å². The molecule has 162 valence electrons. The van der Waals surface area contributed by atoms with Crippen molar-refractivity contribution >= 4 is 0 Å². The predicted molar refractivity (Wildman–Crippen MR) is 117 cm³/mol. The van der Waals surface area contributed by atoms with Crippen LogP contribution >= 0.6 is 0 Å². The van der Waals surface area contributed by atoms with Crippen LogP contribution in [0.4, 0.5) is 0 Å². The van der Waals surface area contributed by atoms with Crippen LogP contribution in [0.1, 0.15) is 117 Å². The summed E-state index contributed by atoms with van der Waals surface area (Å²) < 4.78 is 13.7. The van der Waals surface area contributed by atoms with Crippen LogP contribution in [-0.2, 0) is 9.47 Å². The van der Waals surface area contributed by atoms with Gasteiger partial charge in [0.05, 0.1) is 24.4 Å². The minimum atomic E-state index is 0.521. The van der Waals surface area contributed by atoms with Gasteiger partial charge in [-0.3, -0.25) is 0 Å². The van der Waals surface area contributed by atoms with Gasteiger partial charge in [-0.15, -0.1) is 0 Å². The van der Waals surface area contributed by atoms with Crippen LogP contribution < -0.4 is 0 Å². The topological polar surface area (TPSA) is 18.5 Å². The summed E-state index contributed by atoms with van der Waals surface area (Å²) in [4.78, 5) is 0. The molecule has 4 saturated carbocycles. The van der Waals surface area contributed by atoms with E-state index in [1.54, 1.807) is 0 Å². The van der Waals surface area contributed by atoms with Crippen LogP contribution in [-0.4, -0.2) is 24.4 Å². The van der Waals surface area contributed by atoms with Gasteiger partial charge in [0.2, 0.25) is 0 Å². The first-order valence-electron chi connectivity index (χ1n) is 13.0. The summed E-state index contributed by atoms with van der Waals surface area (Å²) in [7, 11) is 0. The number of hydrogen-bond acceptors (Lipinski definition) is 2. The summed E-state index contributed by atoms with van der Waals surface area (Å²) in [6.45, 7) is 4.82. The Morgan fingerprint density at radius 2 is 0.786 bits per heavy atom. The lowest BCUT2D eigenvalue weighted by molar-refractivity contribution is -0.134. The van der Waals surface area contributed by atoms with Crippen molar-refractivity contribution in [3.8, 4) is 0 Å². The van der Waals surface area contributed by atoms with E-state index >= 15 is 0 Å². The van der Waals surface area contributed by atoms with Crippen molar-refractivity contribution < 1.29 is 9.47 Å². The summed E-state index contributed by atoms with van der Waals surface area (Å²) in [5, 5.41) is 0. The highest BCUT2D eigenvalue weighted by Crippen LogP contribution is 2.43. The Balaban J connectivity index is 1.36. The van der Waals surface area contributed by atoms with Crippen LogP contribution in [0.15, 0.2) is 0 Å². The largest absolute Gasteiger partial charge is 0.375 e. The van der Waals surface area contributed by atoms with Crippen molar-refractivity contribution in [3.05, 3.63) is 0 Å². The highest BCUT2D eigenvalue weighted by Gasteiger charge is 2.40. The third-order valence-corrected chi connectivity index (χ3v) is 8.72. The molecule has 4 atom stereocenters. The molecule has 4 unspecified atom stereocenters. The molecule has 4 aliphatic carbocycles. The van der Waals surface area contributed by atoms with Gasteiger partial charge in [-0.05, 0) is 101 Å². The third-order valence-electron chi connectivity index (χ3n) is 8.72. The van der Waals surface area contributed by atoms with Gasteiger partial charge in [0.1, 0.15) is 0 Å². The molecule has 2 heteroatoms. The molecule has 4 aliphatic rings. The van der Waals surface area contributed by atoms with Gasteiger partial charge in [0, 0.05) is 0 Å². The average Bonchev–Trinajstić information content (AvgIpc) is 2.72. The zero-order chi connectivity index (χ0) is 19.3. The van der Waals surface area contributed by atoms with E-state index in [1.807, 2.05) is 0 Å². The standard InChI is InChI=1S/C26H46O2/c1-19-11-15-21(16-12-19)27-25-9-5-3-7-23(25)24-8-4-6-10-26(24)28-22-17-13-20(2)14-18-22/h19-26H,3-18H2,1-2H3. The maximum absolute atomic E-state index is 6.84. The zero-order valence-corrected chi connectivity index (χ0v) is 18.7. The maximum Gasteiger partial charge on any atom is 0.0610 e. The SMILES string of the molecule is CC1CCC(OC2CCCCC2C2CCCCC2OC2CCC(C)CC2)CC1. The first-order valence-corrected chi connectivity index (χ1v) is 13.0. The molecule has 0 amide bonds. The molecular weight excluding hydrogens is 344 g/mol. The Labute approximate surface area is 174 Å². The van der Waals surface area contributed by atoms with Gasteiger partial charge < -0.3 is 9.47 Å². The first kappa shape index (κ1) is 21.2. The summed E-state index contributed by atoms with van der Waals surface area (Å²) in [5.41, 5.74) is 0. The zero-order valence-electron chi connectivity index (χ0n) is 18.7. The van der Waals surface area contributed by atoms with E-state index in [0.717, 1.165) is 23.7 Å². The van der Waals surface area contributed by atoms with Crippen molar-refractivity contribution in [2.24, 2.45) is 23.7 Å². The molecule has 2 nitrogen and oxygen atoms in total. The van der Waals surface area contributed by atoms with Crippen LogP contribution in [0.25, 0.3) is 0 Å². The normalized spacial score (nSPS) is 45.6. The van der Waals surface area contributed by atoms with E-state index in [0.29, 0.717) is 24.4 Å². The van der Waals surface area contributed by atoms with Crippen molar-refractivity contribution in [1.82, 2.24) is 0 Å². The second kappa shape index (κ2) is 10.3. The highest BCUT2D eigenvalue weighted by atomic mass is 16.5. The monoisotopic (exact) mass is 390 g/mol. The molecule has 0 aromatic rings. The van der Waals surface area contributed by atoms with Crippen molar-refractivity contribution in [2.45, 2.75) is 141 Å². The molecule has 0 saturated heterocycles. The third kappa shape index (κ3) is 5.54.